The number of likely N-dealkylation sites (tertiary alicyclic amines) is 1. The largest absolute Gasteiger partial charge is 0.467 e. The molecule has 4 rings (SSSR count). The number of ether oxygens (including phenoxy) is 1. The Balaban J connectivity index is 1.54. The predicted octanol–water partition coefficient (Wildman–Crippen LogP) is 4.20. The molecule has 2 aliphatic rings. The number of aromatic nitrogens is 2. The number of esters is 1. The molecule has 0 spiro atoms. The lowest BCUT2D eigenvalue weighted by Gasteiger charge is -2.32. The highest BCUT2D eigenvalue weighted by Crippen LogP contribution is 2.40. The minimum atomic E-state index is -0.475. The van der Waals surface area contributed by atoms with Crippen molar-refractivity contribution < 1.29 is 14.3 Å². The summed E-state index contributed by atoms with van der Waals surface area (Å²) in [6, 6.07) is 8.10. The lowest BCUT2D eigenvalue weighted by molar-refractivity contribution is -0.150. The van der Waals surface area contributed by atoms with Gasteiger partial charge in [-0.3, -0.25) is 9.48 Å². The van der Waals surface area contributed by atoms with Crippen LogP contribution in [0.25, 0.3) is 6.08 Å². The first-order chi connectivity index (χ1) is 15.4. The van der Waals surface area contributed by atoms with E-state index in [0.717, 1.165) is 36.2 Å². The summed E-state index contributed by atoms with van der Waals surface area (Å²) < 4.78 is 7.00. The summed E-state index contributed by atoms with van der Waals surface area (Å²) in [5, 5.41) is 4.69. The van der Waals surface area contributed by atoms with Gasteiger partial charge < -0.3 is 9.64 Å². The highest BCUT2D eigenvalue weighted by atomic mass is 16.5. The highest BCUT2D eigenvalue weighted by molar-refractivity contribution is 5.95. The molecule has 3 atom stereocenters. The first-order valence-electron chi connectivity index (χ1n) is 11.6. The fourth-order valence-electron chi connectivity index (χ4n) is 5.34. The van der Waals surface area contributed by atoms with Crippen LogP contribution < -0.4 is 0 Å². The van der Waals surface area contributed by atoms with Gasteiger partial charge in [-0.2, -0.15) is 5.10 Å². The minimum Gasteiger partial charge on any atom is -0.467 e. The van der Waals surface area contributed by atoms with E-state index in [0.29, 0.717) is 18.9 Å². The second kappa shape index (κ2) is 9.31. The molecule has 32 heavy (non-hydrogen) atoms. The molecule has 1 saturated heterocycles. The van der Waals surface area contributed by atoms with Crippen molar-refractivity contribution in [2.24, 2.45) is 5.92 Å². The van der Waals surface area contributed by atoms with Crippen LogP contribution in [0.4, 0.5) is 0 Å². The molecule has 1 aliphatic heterocycles. The standard InChI is InChI=1S/C26H33N3O3/c1-17-9-11-20(12-10-17)16-28-19(3)22(18(2)27-28)13-14-25(30)29-23-8-6-5-7-21(23)15-24(29)26(31)32-4/h9-14,21,23-24H,5-8,15-16H2,1-4H3. The fourth-order valence-corrected chi connectivity index (χ4v) is 5.34. The minimum absolute atomic E-state index is 0.111. The molecule has 6 nitrogen and oxygen atoms in total. The molecule has 1 amide bonds. The number of fused-ring (bicyclic) bond motifs is 1. The Morgan fingerprint density at radius 1 is 1.12 bits per heavy atom. The summed E-state index contributed by atoms with van der Waals surface area (Å²) in [5.74, 6) is -0.0229. The Labute approximate surface area is 190 Å². The van der Waals surface area contributed by atoms with Gasteiger partial charge >= 0.3 is 5.97 Å². The topological polar surface area (TPSA) is 64.4 Å². The molecule has 0 bridgehead atoms. The number of amides is 1. The Hall–Kier alpha value is -2.89. The van der Waals surface area contributed by atoms with Crippen LogP contribution in [0.1, 0.15) is 60.2 Å². The average Bonchev–Trinajstić information content (AvgIpc) is 3.30. The summed E-state index contributed by atoms with van der Waals surface area (Å²) in [7, 11) is 1.40. The Bertz CT molecular complexity index is 1020. The van der Waals surface area contributed by atoms with Gasteiger partial charge in [0, 0.05) is 23.4 Å². The molecule has 0 radical (unpaired) electrons. The molecular weight excluding hydrogens is 402 g/mol. The van der Waals surface area contributed by atoms with Gasteiger partial charge in [0.2, 0.25) is 5.91 Å². The zero-order chi connectivity index (χ0) is 22.8. The second-order valence-electron chi connectivity index (χ2n) is 9.19. The third kappa shape index (κ3) is 4.36. The normalized spacial score (nSPS) is 22.9. The molecule has 2 aromatic rings. The van der Waals surface area contributed by atoms with Crippen molar-refractivity contribution in [3.63, 3.8) is 0 Å². The maximum Gasteiger partial charge on any atom is 0.328 e. The van der Waals surface area contributed by atoms with Crippen LogP contribution in [0, 0.1) is 26.7 Å². The lowest BCUT2D eigenvalue weighted by atomic mass is 9.85. The highest BCUT2D eigenvalue weighted by Gasteiger charge is 2.47. The van der Waals surface area contributed by atoms with Crippen LogP contribution in [0.15, 0.2) is 30.3 Å². The van der Waals surface area contributed by atoms with Crippen molar-refractivity contribution in [2.45, 2.75) is 71.5 Å². The van der Waals surface area contributed by atoms with Crippen LogP contribution in [-0.4, -0.2) is 45.8 Å². The average molecular weight is 436 g/mol. The maximum absolute atomic E-state index is 13.3. The fraction of sp³-hybridized carbons (Fsp3) is 0.500. The summed E-state index contributed by atoms with van der Waals surface area (Å²) in [6.07, 6.45) is 8.50. The van der Waals surface area contributed by atoms with Gasteiger partial charge in [0.1, 0.15) is 6.04 Å². The summed E-state index contributed by atoms with van der Waals surface area (Å²) in [5.41, 5.74) is 5.29. The molecule has 170 valence electrons. The molecule has 1 aromatic carbocycles. The third-order valence-corrected chi connectivity index (χ3v) is 7.10. The van der Waals surface area contributed by atoms with Crippen LogP contribution in [0.3, 0.4) is 0 Å². The van der Waals surface area contributed by atoms with Crippen LogP contribution in [-0.2, 0) is 20.9 Å². The van der Waals surface area contributed by atoms with Crippen molar-refractivity contribution in [1.82, 2.24) is 14.7 Å². The van der Waals surface area contributed by atoms with Crippen molar-refractivity contribution in [2.75, 3.05) is 7.11 Å². The maximum atomic E-state index is 13.3. The number of benzene rings is 1. The number of carbonyl (C=O) groups is 2. The number of carbonyl (C=O) groups excluding carboxylic acids is 2. The van der Waals surface area contributed by atoms with E-state index in [4.69, 9.17) is 9.84 Å². The van der Waals surface area contributed by atoms with E-state index >= 15 is 0 Å². The number of hydrogen-bond acceptors (Lipinski definition) is 4. The summed E-state index contributed by atoms with van der Waals surface area (Å²) >= 11 is 0. The lowest BCUT2D eigenvalue weighted by Crippen LogP contribution is -2.45. The summed E-state index contributed by atoms with van der Waals surface area (Å²) in [6.45, 7) is 6.76. The monoisotopic (exact) mass is 435 g/mol. The first-order valence-corrected chi connectivity index (χ1v) is 11.6. The Kier molecular flexibility index (Phi) is 6.49. The van der Waals surface area contributed by atoms with Crippen molar-refractivity contribution in [1.29, 1.82) is 0 Å². The molecule has 2 heterocycles. The third-order valence-electron chi connectivity index (χ3n) is 7.10. The molecule has 1 aromatic heterocycles. The van der Waals surface area contributed by atoms with Gasteiger partial charge in [-0.1, -0.05) is 42.7 Å². The van der Waals surface area contributed by atoms with Crippen molar-refractivity contribution >= 4 is 18.0 Å². The summed E-state index contributed by atoms with van der Waals surface area (Å²) in [4.78, 5) is 27.4. The van der Waals surface area contributed by atoms with Gasteiger partial charge in [0.15, 0.2) is 0 Å². The zero-order valence-electron chi connectivity index (χ0n) is 19.5. The van der Waals surface area contributed by atoms with Gasteiger partial charge in [-0.25, -0.2) is 4.79 Å². The molecule has 6 heteroatoms. The van der Waals surface area contributed by atoms with E-state index in [-0.39, 0.29) is 17.9 Å². The van der Waals surface area contributed by atoms with E-state index in [1.807, 2.05) is 24.6 Å². The SMILES string of the molecule is COC(=O)C1CC2CCCCC2N1C(=O)C=Cc1c(C)nn(Cc2ccc(C)cc2)c1C. The van der Waals surface area contributed by atoms with Gasteiger partial charge in [0.05, 0.1) is 19.3 Å². The first kappa shape index (κ1) is 22.3. The number of nitrogens with zero attached hydrogens (tertiary/aromatic N) is 3. The van der Waals surface area contributed by atoms with Gasteiger partial charge in [-0.05, 0) is 57.6 Å². The van der Waals surface area contributed by atoms with E-state index < -0.39 is 6.04 Å². The predicted molar refractivity (Wildman–Crippen MR) is 124 cm³/mol. The Morgan fingerprint density at radius 2 is 1.84 bits per heavy atom. The van der Waals surface area contributed by atoms with E-state index in [2.05, 4.69) is 31.2 Å². The smallest absolute Gasteiger partial charge is 0.328 e. The van der Waals surface area contributed by atoms with Crippen LogP contribution in [0.2, 0.25) is 0 Å². The number of methoxy groups -OCH3 is 1. The van der Waals surface area contributed by atoms with Gasteiger partial charge in [0.25, 0.3) is 0 Å². The van der Waals surface area contributed by atoms with E-state index in [9.17, 15) is 9.59 Å². The zero-order valence-corrected chi connectivity index (χ0v) is 19.5. The number of rotatable bonds is 5. The molecule has 0 N–H and O–H groups in total. The Morgan fingerprint density at radius 3 is 2.56 bits per heavy atom. The van der Waals surface area contributed by atoms with Crippen LogP contribution >= 0.6 is 0 Å². The molecule has 3 unspecified atom stereocenters. The van der Waals surface area contributed by atoms with Crippen LogP contribution in [0.5, 0.6) is 0 Å². The van der Waals surface area contributed by atoms with E-state index in [1.54, 1.807) is 11.0 Å². The molecular formula is C26H33N3O3. The van der Waals surface area contributed by atoms with Gasteiger partial charge in [-0.15, -0.1) is 0 Å². The number of hydrogen-bond donors (Lipinski definition) is 0. The quantitative estimate of drug-likeness (QED) is 0.522. The second-order valence-corrected chi connectivity index (χ2v) is 9.19. The molecule has 1 saturated carbocycles. The molecule has 2 fully saturated rings. The van der Waals surface area contributed by atoms with Crippen molar-refractivity contribution in [3.8, 4) is 0 Å². The van der Waals surface area contributed by atoms with Crippen molar-refractivity contribution in [3.05, 3.63) is 58.4 Å². The van der Waals surface area contributed by atoms with E-state index in [1.165, 1.54) is 24.7 Å². The molecule has 1 aliphatic carbocycles. The number of aryl methyl sites for hydroxylation is 2.